The molecule has 6 aromatic carbocycles. The third kappa shape index (κ3) is 9.56. The Bertz CT molecular complexity index is 2280. The zero-order chi connectivity index (χ0) is 41.6. The first-order chi connectivity index (χ1) is 27.6. The summed E-state index contributed by atoms with van der Waals surface area (Å²) < 4.78 is 32.8. The molecule has 0 atom stereocenters. The minimum absolute atomic E-state index is 0.382. The van der Waals surface area contributed by atoms with Gasteiger partial charge in [0.25, 0.3) is 0 Å². The first-order valence-corrected chi connectivity index (χ1v) is 18.8. The molecule has 0 spiro atoms. The second kappa shape index (κ2) is 17.1. The monoisotopic (exact) mass is 778 g/mol. The summed E-state index contributed by atoms with van der Waals surface area (Å²) in [5.41, 5.74) is 6.22. The van der Waals surface area contributed by atoms with E-state index in [1.165, 1.54) is 0 Å². The number of para-hydroxylation sites is 2. The SMILES string of the molecule is Cc1cc(C(C)(C)c2ccc(OC(=O)Oc3ccc(C(C)(C)c4ccc(OC(=O)Oc5ccccc5)c(C)c4)cc3C)c(C)c2)ccc1OC(=O)Oc1ccccc1. The van der Waals surface area contributed by atoms with Gasteiger partial charge in [0.1, 0.15) is 34.5 Å². The summed E-state index contributed by atoms with van der Waals surface area (Å²) in [6, 6.07) is 40.2. The Morgan fingerprint density at radius 1 is 0.345 bits per heavy atom. The van der Waals surface area contributed by atoms with Gasteiger partial charge in [0.05, 0.1) is 0 Å². The van der Waals surface area contributed by atoms with Crippen LogP contribution in [-0.4, -0.2) is 18.5 Å². The van der Waals surface area contributed by atoms with E-state index >= 15 is 0 Å². The molecule has 0 radical (unpaired) electrons. The molecule has 0 aliphatic carbocycles. The molecule has 0 fully saturated rings. The van der Waals surface area contributed by atoms with Crippen LogP contribution in [0.25, 0.3) is 0 Å². The Balaban J connectivity index is 1.07. The van der Waals surface area contributed by atoms with Gasteiger partial charge in [-0.25, -0.2) is 14.4 Å². The smallest absolute Gasteiger partial charge is 0.395 e. The summed E-state index contributed by atoms with van der Waals surface area (Å²) in [6.07, 6.45) is -2.47. The molecule has 0 saturated heterocycles. The van der Waals surface area contributed by atoms with Gasteiger partial charge in [0, 0.05) is 10.8 Å². The highest BCUT2D eigenvalue weighted by Gasteiger charge is 2.27. The first kappa shape index (κ1) is 40.8. The van der Waals surface area contributed by atoms with E-state index < -0.39 is 29.3 Å². The number of carbonyl (C=O) groups is 3. The van der Waals surface area contributed by atoms with E-state index in [9.17, 15) is 14.4 Å². The van der Waals surface area contributed by atoms with Gasteiger partial charge in [-0.3, -0.25) is 0 Å². The van der Waals surface area contributed by atoms with E-state index in [2.05, 4.69) is 27.7 Å². The lowest BCUT2D eigenvalue weighted by Gasteiger charge is -2.28. The molecule has 9 nitrogen and oxygen atoms in total. The number of benzene rings is 6. The fourth-order valence-corrected chi connectivity index (χ4v) is 6.54. The minimum Gasteiger partial charge on any atom is -0.395 e. The molecule has 0 bridgehead atoms. The van der Waals surface area contributed by atoms with Gasteiger partial charge in [0.15, 0.2) is 0 Å². The molecule has 6 aromatic rings. The molecule has 0 aliphatic rings. The average molecular weight is 779 g/mol. The van der Waals surface area contributed by atoms with Crippen LogP contribution in [0.3, 0.4) is 0 Å². The second-order valence-corrected chi connectivity index (χ2v) is 15.2. The van der Waals surface area contributed by atoms with Crippen molar-refractivity contribution in [2.24, 2.45) is 0 Å². The van der Waals surface area contributed by atoms with Crippen LogP contribution in [0.2, 0.25) is 0 Å². The van der Waals surface area contributed by atoms with Crippen molar-refractivity contribution in [3.8, 4) is 34.5 Å². The Kier molecular flexibility index (Phi) is 12.0. The Morgan fingerprint density at radius 3 is 0.828 bits per heavy atom. The maximum Gasteiger partial charge on any atom is 0.519 e. The van der Waals surface area contributed by atoms with Crippen LogP contribution in [0.15, 0.2) is 133 Å². The third-order valence-corrected chi connectivity index (χ3v) is 10.2. The van der Waals surface area contributed by atoms with Crippen LogP contribution in [0, 0.1) is 27.7 Å². The van der Waals surface area contributed by atoms with Crippen molar-refractivity contribution in [3.05, 3.63) is 178 Å². The quantitative estimate of drug-likeness (QED) is 0.0992. The predicted octanol–water partition coefficient (Wildman–Crippen LogP) is 12.3. The summed E-state index contributed by atoms with van der Waals surface area (Å²) in [4.78, 5) is 37.8. The zero-order valence-electron chi connectivity index (χ0n) is 33.9. The average Bonchev–Trinajstić information content (AvgIpc) is 3.18. The van der Waals surface area contributed by atoms with Gasteiger partial charge >= 0.3 is 18.5 Å². The predicted molar refractivity (Wildman–Crippen MR) is 222 cm³/mol. The van der Waals surface area contributed by atoms with Crippen molar-refractivity contribution in [2.45, 2.75) is 66.2 Å². The van der Waals surface area contributed by atoms with E-state index in [1.54, 1.807) is 72.8 Å². The standard InChI is InChI=1S/C49H46O9/c1-31-27-35(19-23-41(31)55-45(50)53-39-15-11-9-12-16-39)48(5,6)37-21-25-43(33(3)29-37)57-47(52)58-44-26-22-38(30-34(44)4)49(7,8)36-20-24-42(32(2)28-36)56-46(51)54-40-17-13-10-14-18-40/h9-30H,1-8H3. The number of ether oxygens (including phenoxy) is 6. The summed E-state index contributed by atoms with van der Waals surface area (Å²) in [7, 11) is 0. The maximum absolute atomic E-state index is 13.1. The zero-order valence-corrected chi connectivity index (χ0v) is 33.9. The van der Waals surface area contributed by atoms with Crippen molar-refractivity contribution < 1.29 is 42.8 Å². The van der Waals surface area contributed by atoms with Crippen LogP contribution < -0.4 is 28.4 Å². The largest absolute Gasteiger partial charge is 0.519 e. The summed E-state index contributed by atoms with van der Waals surface area (Å²) >= 11 is 0. The molecule has 6 rings (SSSR count). The van der Waals surface area contributed by atoms with Crippen LogP contribution in [0.1, 0.15) is 72.2 Å². The number of rotatable bonds is 10. The van der Waals surface area contributed by atoms with Crippen molar-refractivity contribution >= 4 is 18.5 Å². The van der Waals surface area contributed by atoms with Gasteiger partial charge in [0.2, 0.25) is 0 Å². The highest BCUT2D eigenvalue weighted by molar-refractivity contribution is 5.70. The van der Waals surface area contributed by atoms with Gasteiger partial charge in [-0.2, -0.15) is 0 Å². The second-order valence-electron chi connectivity index (χ2n) is 15.2. The molecular formula is C49H46O9. The molecular weight excluding hydrogens is 733 g/mol. The number of hydrogen-bond acceptors (Lipinski definition) is 9. The van der Waals surface area contributed by atoms with Crippen molar-refractivity contribution in [2.75, 3.05) is 0 Å². The molecule has 0 unspecified atom stereocenters. The molecule has 0 N–H and O–H groups in total. The molecule has 0 saturated carbocycles. The van der Waals surface area contributed by atoms with Gasteiger partial charge in [-0.05, 0) is 121 Å². The van der Waals surface area contributed by atoms with Crippen LogP contribution in [0.5, 0.6) is 34.5 Å². The van der Waals surface area contributed by atoms with Crippen LogP contribution >= 0.6 is 0 Å². The normalized spacial score (nSPS) is 11.3. The van der Waals surface area contributed by atoms with E-state index in [4.69, 9.17) is 28.4 Å². The molecule has 0 aliphatic heterocycles. The molecule has 0 amide bonds. The van der Waals surface area contributed by atoms with E-state index in [0.717, 1.165) is 44.5 Å². The first-order valence-electron chi connectivity index (χ1n) is 18.8. The number of aryl methyl sites for hydroxylation is 4. The fourth-order valence-electron chi connectivity index (χ4n) is 6.54. The lowest BCUT2D eigenvalue weighted by Crippen LogP contribution is -2.21. The topological polar surface area (TPSA) is 107 Å². The highest BCUT2D eigenvalue weighted by atomic mass is 16.7. The minimum atomic E-state index is -0.848. The summed E-state index contributed by atoms with van der Waals surface area (Å²) in [5, 5.41) is 0. The molecule has 9 heteroatoms. The highest BCUT2D eigenvalue weighted by Crippen LogP contribution is 2.38. The molecule has 58 heavy (non-hydrogen) atoms. The lowest BCUT2D eigenvalue weighted by atomic mass is 9.77. The maximum atomic E-state index is 13.1. The van der Waals surface area contributed by atoms with Gasteiger partial charge in [-0.15, -0.1) is 0 Å². The summed E-state index contributed by atoms with van der Waals surface area (Å²) in [5.74, 6) is 2.38. The third-order valence-electron chi connectivity index (χ3n) is 10.2. The Hall–Kier alpha value is -6.87. The van der Waals surface area contributed by atoms with Crippen molar-refractivity contribution in [3.63, 3.8) is 0 Å². The van der Waals surface area contributed by atoms with Crippen molar-refractivity contribution in [1.82, 2.24) is 0 Å². The number of hydrogen-bond donors (Lipinski definition) is 0. The number of carbonyl (C=O) groups excluding carboxylic acids is 3. The Labute approximate surface area is 339 Å². The van der Waals surface area contributed by atoms with E-state index in [-0.39, 0.29) is 0 Å². The fraction of sp³-hybridized carbons (Fsp3) is 0.204. The molecule has 0 heterocycles. The molecule has 0 aromatic heterocycles. The van der Waals surface area contributed by atoms with Crippen molar-refractivity contribution in [1.29, 1.82) is 0 Å². The summed E-state index contributed by atoms with van der Waals surface area (Å²) in [6.45, 7) is 15.9. The Morgan fingerprint density at radius 2 is 0.586 bits per heavy atom. The van der Waals surface area contributed by atoms with Gasteiger partial charge < -0.3 is 28.4 Å². The molecule has 296 valence electrons. The van der Waals surface area contributed by atoms with Crippen LogP contribution in [0.4, 0.5) is 14.4 Å². The lowest BCUT2D eigenvalue weighted by molar-refractivity contribution is 0.150. The van der Waals surface area contributed by atoms with Crippen LogP contribution in [-0.2, 0) is 10.8 Å². The van der Waals surface area contributed by atoms with Gasteiger partial charge in [-0.1, -0.05) is 113 Å². The van der Waals surface area contributed by atoms with E-state index in [1.807, 2.05) is 88.4 Å². The van der Waals surface area contributed by atoms with E-state index in [0.29, 0.717) is 34.5 Å².